The third kappa shape index (κ3) is 24.8. The number of carbonyl (C=O) groups excluding carboxylic acids is 11. The van der Waals surface area contributed by atoms with Crippen molar-refractivity contribution in [1.82, 2.24) is 60.5 Å². The lowest BCUT2D eigenvalue weighted by atomic mass is 9.91. The van der Waals surface area contributed by atoms with Gasteiger partial charge in [-0.1, -0.05) is 109 Å². The molecule has 2 saturated heterocycles. The molecule has 96 heavy (non-hydrogen) atoms. The Morgan fingerprint density at radius 1 is 0.490 bits per heavy atom. The fourth-order valence-electron chi connectivity index (χ4n) is 12.4. The normalized spacial score (nSPS) is 27.1. The van der Waals surface area contributed by atoms with Gasteiger partial charge in [-0.25, -0.2) is 0 Å². The van der Waals surface area contributed by atoms with E-state index in [0.717, 1.165) is 31.0 Å². The van der Waals surface area contributed by atoms with Crippen LogP contribution in [0.4, 0.5) is 0 Å². The first kappa shape index (κ1) is 86.2. The highest BCUT2D eigenvalue weighted by molar-refractivity contribution is 7.99. The van der Waals surface area contributed by atoms with Crippen LogP contribution >= 0.6 is 11.8 Å². The maximum Gasteiger partial charge on any atom is 0.246 e. The average molecular weight is 1380 g/mol. The monoisotopic (exact) mass is 1370 g/mol. The van der Waals surface area contributed by atoms with E-state index in [1.807, 2.05) is 68.4 Å². The molecule has 2 fully saturated rings. The number of ether oxygens (including phenoxy) is 1. The fourth-order valence-corrected chi connectivity index (χ4v) is 13.5. The van der Waals surface area contributed by atoms with Crippen molar-refractivity contribution in [1.29, 1.82) is 0 Å². The van der Waals surface area contributed by atoms with Gasteiger partial charge in [0.05, 0.1) is 19.3 Å². The largest absolute Gasteiger partial charge is 0.390 e. The number of aliphatic hydroxyl groups excluding tert-OH is 1. The van der Waals surface area contributed by atoms with Crippen LogP contribution in [0.25, 0.3) is 0 Å². The summed E-state index contributed by atoms with van der Waals surface area (Å²) in [6.45, 7) is 33.7. The van der Waals surface area contributed by atoms with Crippen molar-refractivity contribution in [2.24, 2.45) is 41.4 Å². The van der Waals surface area contributed by atoms with Crippen molar-refractivity contribution in [2.75, 3.05) is 93.7 Å². The van der Waals surface area contributed by atoms with Gasteiger partial charge in [0.15, 0.2) is 0 Å². The van der Waals surface area contributed by atoms with Crippen molar-refractivity contribution in [3.8, 4) is 0 Å². The van der Waals surface area contributed by atoms with E-state index >= 15 is 28.8 Å². The lowest BCUT2D eigenvalue weighted by Crippen LogP contribution is -2.64. The van der Waals surface area contributed by atoms with Crippen LogP contribution in [-0.2, 0) is 57.5 Å². The standard InChI is InChI=1S/C70H126N12O13S/c1-25-27-29-47(15)59(83)58-63(87)73-50(26-2)65(89)79(22)55(40-96-35-28-30-82-31-33-95-34-32-82)68(92)75(18)52(37-42(5)6)62(86)74-56(45(11)12)69(93)76(19)51(36-41(3)4)61(85)71-48(16)60(84)72-49(17)64(88)77(20)53(38-43(7)8)66(90)78(21)54(39-44(9)10)67(91)80(23)57(46(13)14)70(94)81(58)24/h25,27,41-59,83H,26,28-40H2,1-24H3,(H,71,85)(H,72,84)(H,73,87)(H,74,86)/b27-25+/t47-,48+,49-,50+,51+,52+,53+,54+,55-,56+,57+,58+,59-/m1/s1. The zero-order valence-corrected chi connectivity index (χ0v) is 63.7. The van der Waals surface area contributed by atoms with Crippen LogP contribution in [0.3, 0.4) is 0 Å². The summed E-state index contributed by atoms with van der Waals surface area (Å²) in [5.74, 6) is -9.04. The molecule has 5 N–H and O–H groups in total. The van der Waals surface area contributed by atoms with E-state index in [2.05, 4.69) is 26.2 Å². The molecule has 26 heteroatoms. The second-order valence-electron chi connectivity index (χ2n) is 29.2. The minimum atomic E-state index is -1.64. The summed E-state index contributed by atoms with van der Waals surface area (Å²) in [4.78, 5) is 176. The predicted molar refractivity (Wildman–Crippen MR) is 377 cm³/mol. The number of hydrogen-bond donors (Lipinski definition) is 5. The topological polar surface area (TPSA) is 291 Å². The lowest BCUT2D eigenvalue weighted by Gasteiger charge is -2.41. The number of hydrogen-bond acceptors (Lipinski definition) is 15. The van der Waals surface area contributed by atoms with Crippen LogP contribution in [-0.4, -0.2) is 276 Å². The predicted octanol–water partition coefficient (Wildman–Crippen LogP) is 4.09. The number of allylic oxidation sites excluding steroid dienone is 2. The number of aliphatic hydroxyl groups is 1. The Hall–Kier alpha value is -5.86. The lowest BCUT2D eigenvalue weighted by molar-refractivity contribution is -0.157. The summed E-state index contributed by atoms with van der Waals surface area (Å²) in [6, 6.07) is -13.7. The zero-order chi connectivity index (χ0) is 73.5. The molecule has 0 bridgehead atoms. The van der Waals surface area contributed by atoms with Gasteiger partial charge >= 0.3 is 0 Å². The Bertz CT molecular complexity index is 2600. The van der Waals surface area contributed by atoms with Gasteiger partial charge in [-0.05, 0) is 119 Å². The number of nitrogens with zero attached hydrogens (tertiary/aromatic N) is 8. The molecule has 0 aliphatic carbocycles. The van der Waals surface area contributed by atoms with Crippen LogP contribution in [0, 0.1) is 41.4 Å². The van der Waals surface area contributed by atoms with Crippen LogP contribution < -0.4 is 21.3 Å². The third-order valence-corrected chi connectivity index (χ3v) is 19.7. The maximum absolute atomic E-state index is 15.4. The zero-order valence-electron chi connectivity index (χ0n) is 62.9. The van der Waals surface area contributed by atoms with Crippen LogP contribution in [0.5, 0.6) is 0 Å². The number of rotatable bonds is 21. The third-order valence-electron chi connectivity index (χ3n) is 18.5. The van der Waals surface area contributed by atoms with Crippen molar-refractivity contribution >= 4 is 76.7 Å². The molecule has 550 valence electrons. The minimum absolute atomic E-state index is 0.00840. The van der Waals surface area contributed by atoms with Crippen LogP contribution in [0.2, 0.25) is 0 Å². The van der Waals surface area contributed by atoms with Crippen molar-refractivity contribution in [3.63, 3.8) is 0 Å². The molecule has 0 aromatic rings. The first-order valence-corrected chi connectivity index (χ1v) is 36.1. The highest BCUT2D eigenvalue weighted by Gasteiger charge is 2.46. The highest BCUT2D eigenvalue weighted by Crippen LogP contribution is 2.27. The Balaban J connectivity index is 3.08. The SMILES string of the molecule is C/C=C/C[C@@H](C)[C@@H](O)[C@H]1C(=O)N[C@@H](CC)C(=O)N(C)[C@H](CSCCCN2CCOCC2)C(=O)N(C)[C@@H](CC(C)C)C(=O)N[C@@H](C(C)C)C(=O)N(C)[C@@H](CC(C)C)C(=O)N[C@@H](C)C(=O)N[C@H](C)C(=O)N(C)[C@@H](CC(C)C)C(=O)N(C)[C@@H](CC(C)C)C(=O)N(C)[C@@H](C(C)C)C(=O)N1C. The number of morpholine rings is 1. The van der Waals surface area contributed by atoms with E-state index in [0.29, 0.717) is 25.4 Å². The molecular formula is C70H126N12O13S. The van der Waals surface area contributed by atoms with Gasteiger partial charge in [0.2, 0.25) is 65.0 Å². The van der Waals surface area contributed by atoms with Gasteiger partial charge in [-0.15, -0.1) is 0 Å². The first-order chi connectivity index (χ1) is 44.7. The van der Waals surface area contributed by atoms with Crippen molar-refractivity contribution < 1.29 is 62.6 Å². The molecule has 13 atom stereocenters. The summed E-state index contributed by atoms with van der Waals surface area (Å²) < 4.78 is 5.54. The second-order valence-corrected chi connectivity index (χ2v) is 30.3. The van der Waals surface area contributed by atoms with E-state index in [-0.39, 0.29) is 61.5 Å². The summed E-state index contributed by atoms with van der Waals surface area (Å²) >= 11 is 1.46. The molecule has 11 amide bonds. The van der Waals surface area contributed by atoms with E-state index in [1.165, 1.54) is 104 Å². The molecule has 0 aromatic heterocycles. The smallest absolute Gasteiger partial charge is 0.246 e. The molecule has 2 aliphatic heterocycles. The van der Waals surface area contributed by atoms with E-state index < -0.39 is 155 Å². The van der Waals surface area contributed by atoms with E-state index in [9.17, 15) is 29.1 Å². The summed E-state index contributed by atoms with van der Waals surface area (Å²) in [7, 11) is 10.1. The van der Waals surface area contributed by atoms with E-state index in [4.69, 9.17) is 4.74 Å². The molecule has 2 rings (SSSR count). The molecule has 0 saturated carbocycles. The van der Waals surface area contributed by atoms with Gasteiger partial charge in [0.25, 0.3) is 0 Å². The Kier molecular flexibility index (Phi) is 36.7. The molecule has 0 aromatic carbocycles. The fraction of sp³-hybridized carbons (Fsp3) is 0.814. The Labute approximate surface area is 579 Å². The number of nitrogens with one attached hydrogen (secondary N) is 4. The van der Waals surface area contributed by atoms with Crippen molar-refractivity contribution in [3.05, 3.63) is 12.2 Å². The molecule has 0 spiro atoms. The molecule has 2 heterocycles. The van der Waals surface area contributed by atoms with E-state index in [1.54, 1.807) is 47.6 Å². The van der Waals surface area contributed by atoms with Crippen molar-refractivity contribution in [2.45, 2.75) is 235 Å². The first-order valence-electron chi connectivity index (χ1n) is 35.0. The summed E-state index contributed by atoms with van der Waals surface area (Å²) in [5.41, 5.74) is 0. The second kappa shape index (κ2) is 40.9. The minimum Gasteiger partial charge on any atom is -0.390 e. The average Bonchev–Trinajstić information content (AvgIpc) is 0.813. The number of thioether (sulfide) groups is 1. The quantitative estimate of drug-likeness (QED) is 0.0799. The van der Waals surface area contributed by atoms with Crippen LogP contribution in [0.1, 0.15) is 163 Å². The Morgan fingerprint density at radius 2 is 0.917 bits per heavy atom. The molecule has 0 radical (unpaired) electrons. The van der Waals surface area contributed by atoms with Gasteiger partial charge in [-0.2, -0.15) is 11.8 Å². The highest BCUT2D eigenvalue weighted by atomic mass is 32.2. The summed E-state index contributed by atoms with van der Waals surface area (Å²) in [6.07, 6.45) is 3.75. The van der Waals surface area contributed by atoms with Gasteiger partial charge in [-0.3, -0.25) is 57.6 Å². The molecular weight excluding hydrogens is 1250 g/mol. The molecule has 25 nitrogen and oxygen atoms in total. The molecule has 0 unspecified atom stereocenters. The van der Waals surface area contributed by atoms with Gasteiger partial charge < -0.3 is 65.4 Å². The van der Waals surface area contributed by atoms with Gasteiger partial charge in [0.1, 0.15) is 66.5 Å². The number of likely N-dealkylation sites (N-methyl/N-ethyl adjacent to an activating group) is 7. The number of carbonyl (C=O) groups is 11. The maximum atomic E-state index is 15.4. The van der Waals surface area contributed by atoms with Crippen LogP contribution in [0.15, 0.2) is 12.2 Å². The molecule has 2 aliphatic rings. The summed E-state index contributed by atoms with van der Waals surface area (Å²) in [5, 5.41) is 23.6. The Morgan fingerprint density at radius 3 is 1.40 bits per heavy atom. The number of amides is 11. The van der Waals surface area contributed by atoms with Gasteiger partial charge in [0, 0.05) is 68.2 Å².